The van der Waals surface area contributed by atoms with E-state index in [4.69, 9.17) is 0 Å². The van der Waals surface area contributed by atoms with Gasteiger partial charge >= 0.3 is 0 Å². The van der Waals surface area contributed by atoms with Gasteiger partial charge in [0, 0.05) is 16.5 Å². The van der Waals surface area contributed by atoms with E-state index in [0.29, 0.717) is 12.2 Å². The van der Waals surface area contributed by atoms with Gasteiger partial charge in [-0.2, -0.15) is 5.10 Å². The molecular formula is C16H14F2N4OS. The van der Waals surface area contributed by atoms with Gasteiger partial charge in [0.25, 0.3) is 12.3 Å². The zero-order valence-electron chi connectivity index (χ0n) is 12.6. The first-order valence-corrected chi connectivity index (χ1v) is 8.48. The van der Waals surface area contributed by atoms with Crippen molar-refractivity contribution in [2.75, 3.05) is 0 Å². The molecule has 1 fully saturated rings. The molecule has 1 aliphatic rings. The molecule has 0 spiro atoms. The fourth-order valence-corrected chi connectivity index (χ4v) is 3.23. The Morgan fingerprint density at radius 2 is 2.29 bits per heavy atom. The van der Waals surface area contributed by atoms with Crippen molar-refractivity contribution in [3.8, 4) is 0 Å². The van der Waals surface area contributed by atoms with E-state index in [2.05, 4.69) is 15.4 Å². The molecule has 5 nitrogen and oxygen atoms in total. The molecule has 0 radical (unpaired) electrons. The molecule has 0 saturated heterocycles. The Labute approximate surface area is 140 Å². The molecule has 1 aliphatic carbocycles. The molecule has 0 unspecified atom stereocenters. The Morgan fingerprint density at radius 3 is 2.96 bits per heavy atom. The van der Waals surface area contributed by atoms with Crippen molar-refractivity contribution < 1.29 is 13.6 Å². The third-order valence-corrected chi connectivity index (χ3v) is 4.86. The van der Waals surface area contributed by atoms with Crippen LogP contribution in [0.1, 0.15) is 51.8 Å². The van der Waals surface area contributed by atoms with Crippen molar-refractivity contribution in [3.63, 3.8) is 0 Å². The number of halogens is 2. The number of rotatable bonds is 5. The van der Waals surface area contributed by atoms with Crippen LogP contribution in [0.4, 0.5) is 8.78 Å². The molecule has 1 amide bonds. The van der Waals surface area contributed by atoms with Crippen molar-refractivity contribution in [3.05, 3.63) is 51.6 Å². The maximum absolute atomic E-state index is 13.3. The standard InChI is InChI=1S/C16H14F2N4OS/c17-14(18)13-6-12(9-3-4-9)21-15-11(8-20-22(13)15)16(23)19-7-10-2-1-5-24-10/h1-2,5-6,8-9,14H,3-4,7H2,(H,19,23). The number of carbonyl (C=O) groups is 1. The lowest BCUT2D eigenvalue weighted by Crippen LogP contribution is -2.22. The minimum absolute atomic E-state index is 0.193. The summed E-state index contributed by atoms with van der Waals surface area (Å²) in [5.74, 6) is -0.150. The SMILES string of the molecule is O=C(NCc1cccs1)c1cnn2c(C(F)F)cc(C3CC3)nc12. The molecule has 0 atom stereocenters. The van der Waals surface area contributed by atoms with E-state index < -0.39 is 6.43 Å². The van der Waals surface area contributed by atoms with Crippen molar-refractivity contribution in [2.45, 2.75) is 31.7 Å². The molecular weight excluding hydrogens is 334 g/mol. The predicted octanol–water partition coefficient (Wildman–Crippen LogP) is 3.54. The maximum atomic E-state index is 13.3. The lowest BCUT2D eigenvalue weighted by atomic mass is 10.2. The van der Waals surface area contributed by atoms with E-state index in [9.17, 15) is 13.6 Å². The highest BCUT2D eigenvalue weighted by Gasteiger charge is 2.29. The van der Waals surface area contributed by atoms with Crippen molar-refractivity contribution >= 4 is 22.9 Å². The quantitative estimate of drug-likeness (QED) is 0.767. The molecule has 0 aromatic carbocycles. The Morgan fingerprint density at radius 1 is 1.46 bits per heavy atom. The summed E-state index contributed by atoms with van der Waals surface area (Å²) in [6, 6.07) is 5.22. The van der Waals surface area contributed by atoms with E-state index in [0.717, 1.165) is 22.2 Å². The van der Waals surface area contributed by atoms with Gasteiger partial charge in [-0.05, 0) is 30.4 Å². The summed E-state index contributed by atoms with van der Waals surface area (Å²) in [4.78, 5) is 17.8. The van der Waals surface area contributed by atoms with Crippen LogP contribution >= 0.6 is 11.3 Å². The second-order valence-corrected chi connectivity index (χ2v) is 6.77. The number of aromatic nitrogens is 3. The van der Waals surface area contributed by atoms with Crippen LogP contribution in [-0.2, 0) is 6.54 Å². The average molecular weight is 348 g/mol. The third-order valence-electron chi connectivity index (χ3n) is 3.99. The van der Waals surface area contributed by atoms with Crippen LogP contribution in [0.25, 0.3) is 5.65 Å². The lowest BCUT2D eigenvalue weighted by molar-refractivity contribution is 0.0952. The van der Waals surface area contributed by atoms with E-state index in [1.807, 2.05) is 17.5 Å². The van der Waals surface area contributed by atoms with Gasteiger partial charge in [0.15, 0.2) is 5.65 Å². The van der Waals surface area contributed by atoms with E-state index >= 15 is 0 Å². The van der Waals surface area contributed by atoms with Crippen LogP contribution in [0, 0.1) is 0 Å². The largest absolute Gasteiger partial charge is 0.347 e. The summed E-state index contributed by atoms with van der Waals surface area (Å²) in [6.07, 6.45) is 0.518. The predicted molar refractivity (Wildman–Crippen MR) is 85.4 cm³/mol. The first-order chi connectivity index (χ1) is 11.6. The second-order valence-electron chi connectivity index (χ2n) is 5.74. The summed E-state index contributed by atoms with van der Waals surface area (Å²) in [6.45, 7) is 0.387. The van der Waals surface area contributed by atoms with Gasteiger partial charge in [-0.1, -0.05) is 6.07 Å². The van der Waals surface area contributed by atoms with Gasteiger partial charge in [0.2, 0.25) is 0 Å². The minimum atomic E-state index is -2.67. The third kappa shape index (κ3) is 2.77. The van der Waals surface area contributed by atoms with Gasteiger partial charge in [-0.3, -0.25) is 4.79 Å². The summed E-state index contributed by atoms with van der Waals surface area (Å²) in [7, 11) is 0. The van der Waals surface area contributed by atoms with Crippen LogP contribution in [-0.4, -0.2) is 20.5 Å². The molecule has 0 bridgehead atoms. The topological polar surface area (TPSA) is 59.3 Å². The smallest absolute Gasteiger partial charge is 0.280 e. The summed E-state index contributed by atoms with van der Waals surface area (Å²) >= 11 is 1.54. The minimum Gasteiger partial charge on any atom is -0.347 e. The van der Waals surface area contributed by atoms with Gasteiger partial charge in [0.05, 0.1) is 12.7 Å². The molecule has 3 aromatic rings. The Kier molecular flexibility index (Phi) is 3.76. The fraction of sp³-hybridized carbons (Fsp3) is 0.312. The summed E-state index contributed by atoms with van der Waals surface area (Å²) in [5.41, 5.74) is 0.805. The zero-order valence-corrected chi connectivity index (χ0v) is 13.4. The fourth-order valence-electron chi connectivity index (χ4n) is 2.59. The molecule has 0 aliphatic heterocycles. The van der Waals surface area contributed by atoms with E-state index in [1.54, 1.807) is 0 Å². The molecule has 3 aromatic heterocycles. The number of amides is 1. The first-order valence-electron chi connectivity index (χ1n) is 7.61. The van der Waals surface area contributed by atoms with Crippen LogP contribution in [0.15, 0.2) is 29.8 Å². The first kappa shape index (κ1) is 15.2. The monoisotopic (exact) mass is 348 g/mol. The van der Waals surface area contributed by atoms with E-state index in [1.165, 1.54) is 23.6 Å². The highest BCUT2D eigenvalue weighted by atomic mass is 32.1. The molecule has 3 heterocycles. The van der Waals surface area contributed by atoms with Crippen molar-refractivity contribution in [2.24, 2.45) is 0 Å². The van der Waals surface area contributed by atoms with Crippen LogP contribution in [0.3, 0.4) is 0 Å². The lowest BCUT2D eigenvalue weighted by Gasteiger charge is -2.07. The van der Waals surface area contributed by atoms with Gasteiger partial charge in [-0.15, -0.1) is 11.3 Å². The molecule has 1 N–H and O–H groups in total. The molecule has 8 heteroatoms. The van der Waals surface area contributed by atoms with Gasteiger partial charge < -0.3 is 5.32 Å². The van der Waals surface area contributed by atoms with Gasteiger partial charge in [0.1, 0.15) is 11.3 Å². The number of alkyl halides is 2. The van der Waals surface area contributed by atoms with E-state index in [-0.39, 0.29) is 28.7 Å². The number of hydrogen-bond acceptors (Lipinski definition) is 4. The Bertz CT molecular complexity index is 887. The highest BCUT2D eigenvalue weighted by Crippen LogP contribution is 2.40. The van der Waals surface area contributed by atoms with Gasteiger partial charge in [-0.25, -0.2) is 18.3 Å². The summed E-state index contributed by atoms with van der Waals surface area (Å²) in [5, 5.41) is 8.65. The normalized spacial score (nSPS) is 14.5. The van der Waals surface area contributed by atoms with Crippen molar-refractivity contribution in [1.29, 1.82) is 0 Å². The van der Waals surface area contributed by atoms with Crippen molar-refractivity contribution in [1.82, 2.24) is 19.9 Å². The van der Waals surface area contributed by atoms with Crippen LogP contribution in [0.2, 0.25) is 0 Å². The molecule has 4 rings (SSSR count). The number of nitrogens with zero attached hydrogens (tertiary/aromatic N) is 3. The molecule has 1 saturated carbocycles. The number of thiophene rings is 1. The van der Waals surface area contributed by atoms with Crippen LogP contribution < -0.4 is 5.32 Å². The number of nitrogens with one attached hydrogen (secondary N) is 1. The molecule has 24 heavy (non-hydrogen) atoms. The Hall–Kier alpha value is -2.35. The second kappa shape index (κ2) is 5.94. The number of fused-ring (bicyclic) bond motifs is 1. The average Bonchev–Trinajstić information content (AvgIpc) is 3.12. The highest BCUT2D eigenvalue weighted by molar-refractivity contribution is 7.09. The Balaban J connectivity index is 1.68. The zero-order chi connectivity index (χ0) is 16.7. The number of carbonyl (C=O) groups excluding carboxylic acids is 1. The van der Waals surface area contributed by atoms with Crippen LogP contribution in [0.5, 0.6) is 0 Å². The maximum Gasteiger partial charge on any atom is 0.280 e. The molecule has 124 valence electrons. The number of hydrogen-bond donors (Lipinski definition) is 1. The summed E-state index contributed by atoms with van der Waals surface area (Å²) < 4.78 is 27.7.